The lowest BCUT2D eigenvalue weighted by Gasteiger charge is -2.48. The first-order valence-electron chi connectivity index (χ1n) is 5.25. The average molecular weight is 185 g/mol. The first kappa shape index (κ1) is 11.0. The SMILES string of the molecule is CNC1OC(C)(C)C(C)C(C)C1C. The lowest BCUT2D eigenvalue weighted by molar-refractivity contribution is -0.191. The van der Waals surface area contributed by atoms with E-state index in [9.17, 15) is 0 Å². The predicted molar refractivity (Wildman–Crippen MR) is 55.5 cm³/mol. The second-order valence-electron chi connectivity index (χ2n) is 4.94. The van der Waals surface area contributed by atoms with Crippen molar-refractivity contribution < 1.29 is 4.74 Å². The zero-order valence-corrected chi connectivity index (χ0v) is 9.72. The van der Waals surface area contributed by atoms with Crippen molar-refractivity contribution in [2.24, 2.45) is 17.8 Å². The van der Waals surface area contributed by atoms with Gasteiger partial charge in [0, 0.05) is 0 Å². The van der Waals surface area contributed by atoms with Crippen LogP contribution in [0, 0.1) is 17.8 Å². The van der Waals surface area contributed by atoms with Crippen molar-refractivity contribution in [3.05, 3.63) is 0 Å². The number of ether oxygens (including phenoxy) is 1. The van der Waals surface area contributed by atoms with Gasteiger partial charge in [0.1, 0.15) is 6.23 Å². The van der Waals surface area contributed by atoms with Crippen molar-refractivity contribution in [2.75, 3.05) is 7.05 Å². The standard InChI is InChI=1S/C11H23NO/c1-7-8(2)10(12-6)13-11(4,5)9(7)3/h7-10,12H,1-6H3. The van der Waals surface area contributed by atoms with Crippen molar-refractivity contribution in [2.45, 2.75) is 46.4 Å². The predicted octanol–water partition coefficient (Wildman–Crippen LogP) is 2.25. The molecule has 0 spiro atoms. The third-order valence-electron chi connectivity index (χ3n) is 3.91. The fourth-order valence-corrected chi connectivity index (χ4v) is 2.23. The number of hydrogen-bond acceptors (Lipinski definition) is 2. The summed E-state index contributed by atoms with van der Waals surface area (Å²) in [6.45, 7) is 11.2. The van der Waals surface area contributed by atoms with Gasteiger partial charge in [-0.3, -0.25) is 5.32 Å². The molecule has 2 heteroatoms. The molecule has 2 nitrogen and oxygen atoms in total. The van der Waals surface area contributed by atoms with Gasteiger partial charge in [0.25, 0.3) is 0 Å². The Morgan fingerprint density at radius 2 is 1.62 bits per heavy atom. The van der Waals surface area contributed by atoms with Crippen LogP contribution in [0.25, 0.3) is 0 Å². The Hall–Kier alpha value is -0.0800. The van der Waals surface area contributed by atoms with Gasteiger partial charge >= 0.3 is 0 Å². The summed E-state index contributed by atoms with van der Waals surface area (Å²) >= 11 is 0. The van der Waals surface area contributed by atoms with E-state index >= 15 is 0 Å². The fraction of sp³-hybridized carbons (Fsp3) is 1.00. The molecular formula is C11H23NO. The fourth-order valence-electron chi connectivity index (χ4n) is 2.23. The molecule has 1 N–H and O–H groups in total. The molecule has 0 amide bonds. The van der Waals surface area contributed by atoms with Crippen molar-refractivity contribution in [3.63, 3.8) is 0 Å². The van der Waals surface area contributed by atoms with E-state index in [1.165, 1.54) is 0 Å². The Balaban J connectivity index is 2.79. The first-order chi connectivity index (χ1) is 5.90. The third-order valence-corrected chi connectivity index (χ3v) is 3.91. The molecule has 1 aliphatic rings. The number of hydrogen-bond donors (Lipinski definition) is 1. The second kappa shape index (κ2) is 3.58. The van der Waals surface area contributed by atoms with Crippen molar-refractivity contribution in [3.8, 4) is 0 Å². The largest absolute Gasteiger partial charge is 0.357 e. The van der Waals surface area contributed by atoms with Gasteiger partial charge in [-0.25, -0.2) is 0 Å². The highest BCUT2D eigenvalue weighted by Crippen LogP contribution is 2.39. The van der Waals surface area contributed by atoms with E-state index in [1.54, 1.807) is 0 Å². The van der Waals surface area contributed by atoms with Gasteiger partial charge in [-0.15, -0.1) is 0 Å². The van der Waals surface area contributed by atoms with Crippen LogP contribution in [-0.2, 0) is 4.74 Å². The highest BCUT2D eigenvalue weighted by molar-refractivity contribution is 4.89. The van der Waals surface area contributed by atoms with E-state index < -0.39 is 0 Å². The summed E-state index contributed by atoms with van der Waals surface area (Å²) in [6, 6.07) is 0. The maximum Gasteiger partial charge on any atom is 0.111 e. The Bertz CT molecular complexity index is 177. The smallest absolute Gasteiger partial charge is 0.111 e. The lowest BCUT2D eigenvalue weighted by atomic mass is 9.73. The Kier molecular flexibility index (Phi) is 3.03. The molecule has 4 atom stereocenters. The number of rotatable bonds is 1. The molecule has 1 fully saturated rings. The van der Waals surface area contributed by atoms with E-state index in [2.05, 4.69) is 39.9 Å². The van der Waals surface area contributed by atoms with Crippen LogP contribution in [0.1, 0.15) is 34.6 Å². The van der Waals surface area contributed by atoms with Crippen LogP contribution in [0.4, 0.5) is 0 Å². The van der Waals surface area contributed by atoms with E-state index in [0.717, 1.165) is 0 Å². The van der Waals surface area contributed by atoms with Crippen LogP contribution in [0.2, 0.25) is 0 Å². The lowest BCUT2D eigenvalue weighted by Crippen LogP contribution is -2.54. The summed E-state index contributed by atoms with van der Waals surface area (Å²) in [4.78, 5) is 0. The Morgan fingerprint density at radius 3 is 2.08 bits per heavy atom. The number of nitrogens with one attached hydrogen (secondary N) is 1. The molecule has 4 unspecified atom stereocenters. The summed E-state index contributed by atoms with van der Waals surface area (Å²) in [5.74, 6) is 1.92. The summed E-state index contributed by atoms with van der Waals surface area (Å²) in [6.07, 6.45) is 0.209. The van der Waals surface area contributed by atoms with Crippen LogP contribution in [0.15, 0.2) is 0 Å². The summed E-state index contributed by atoms with van der Waals surface area (Å²) < 4.78 is 6.01. The first-order valence-corrected chi connectivity index (χ1v) is 5.25. The molecule has 0 saturated carbocycles. The van der Waals surface area contributed by atoms with Crippen molar-refractivity contribution >= 4 is 0 Å². The van der Waals surface area contributed by atoms with E-state index in [-0.39, 0.29) is 11.8 Å². The van der Waals surface area contributed by atoms with Gasteiger partial charge < -0.3 is 4.74 Å². The quantitative estimate of drug-likeness (QED) is 0.676. The monoisotopic (exact) mass is 185 g/mol. The molecular weight excluding hydrogens is 162 g/mol. The summed E-state index contributed by atoms with van der Waals surface area (Å²) in [5, 5.41) is 3.24. The van der Waals surface area contributed by atoms with Gasteiger partial charge in [-0.1, -0.05) is 20.8 Å². The molecule has 0 aromatic rings. The van der Waals surface area contributed by atoms with Crippen LogP contribution in [-0.4, -0.2) is 18.9 Å². The summed E-state index contributed by atoms with van der Waals surface area (Å²) in [5.41, 5.74) is -0.000394. The molecule has 13 heavy (non-hydrogen) atoms. The molecule has 1 heterocycles. The third kappa shape index (κ3) is 1.89. The molecule has 1 aliphatic heterocycles. The molecule has 1 rings (SSSR count). The molecule has 0 aliphatic carbocycles. The average Bonchev–Trinajstić information content (AvgIpc) is 2.08. The minimum Gasteiger partial charge on any atom is -0.357 e. The second-order valence-corrected chi connectivity index (χ2v) is 4.94. The normalized spacial score (nSPS) is 44.8. The van der Waals surface area contributed by atoms with Crippen LogP contribution < -0.4 is 5.32 Å². The maximum absolute atomic E-state index is 6.01. The zero-order chi connectivity index (χ0) is 10.2. The van der Waals surface area contributed by atoms with Crippen LogP contribution >= 0.6 is 0 Å². The van der Waals surface area contributed by atoms with E-state index in [4.69, 9.17) is 4.74 Å². The minimum absolute atomic E-state index is 0.000394. The van der Waals surface area contributed by atoms with Crippen molar-refractivity contribution in [1.29, 1.82) is 0 Å². The van der Waals surface area contributed by atoms with E-state index in [1.807, 2.05) is 7.05 Å². The Labute approximate surface area is 82.0 Å². The molecule has 0 radical (unpaired) electrons. The molecule has 0 aromatic carbocycles. The molecule has 0 aromatic heterocycles. The summed E-state index contributed by atoms with van der Waals surface area (Å²) in [7, 11) is 1.97. The molecule has 1 saturated heterocycles. The van der Waals surface area contributed by atoms with Gasteiger partial charge in [-0.05, 0) is 38.6 Å². The topological polar surface area (TPSA) is 21.3 Å². The minimum atomic E-state index is -0.000394. The zero-order valence-electron chi connectivity index (χ0n) is 9.72. The highest BCUT2D eigenvalue weighted by atomic mass is 16.5. The van der Waals surface area contributed by atoms with Crippen LogP contribution in [0.5, 0.6) is 0 Å². The van der Waals surface area contributed by atoms with Gasteiger partial charge in [0.2, 0.25) is 0 Å². The van der Waals surface area contributed by atoms with Gasteiger partial charge in [-0.2, -0.15) is 0 Å². The maximum atomic E-state index is 6.01. The van der Waals surface area contributed by atoms with Gasteiger partial charge in [0.15, 0.2) is 0 Å². The Morgan fingerprint density at radius 1 is 1.08 bits per heavy atom. The van der Waals surface area contributed by atoms with Gasteiger partial charge in [0.05, 0.1) is 5.60 Å². The molecule has 78 valence electrons. The van der Waals surface area contributed by atoms with Crippen molar-refractivity contribution in [1.82, 2.24) is 5.32 Å². The molecule has 0 bridgehead atoms. The highest BCUT2D eigenvalue weighted by Gasteiger charge is 2.42. The van der Waals surface area contributed by atoms with Crippen LogP contribution in [0.3, 0.4) is 0 Å². The van der Waals surface area contributed by atoms with E-state index in [0.29, 0.717) is 17.8 Å².